The van der Waals surface area contributed by atoms with Crippen molar-refractivity contribution in [3.05, 3.63) is 190 Å². The van der Waals surface area contributed by atoms with Crippen molar-refractivity contribution in [2.45, 2.75) is 26.7 Å². The molecule has 2 heterocycles. The van der Waals surface area contributed by atoms with Gasteiger partial charge in [0, 0.05) is 54.9 Å². The van der Waals surface area contributed by atoms with Crippen molar-refractivity contribution in [2.24, 2.45) is 0 Å². The van der Waals surface area contributed by atoms with Crippen LogP contribution < -0.4 is 50.8 Å². The lowest BCUT2D eigenvalue weighted by molar-refractivity contribution is 0.0956. The number of benzene rings is 6. The summed E-state index contributed by atoms with van der Waals surface area (Å²) in [5.41, 5.74) is 9.18. The highest BCUT2D eigenvalue weighted by atomic mass is 16.5. The lowest BCUT2D eigenvalue weighted by Crippen LogP contribution is -2.19. The SMILES string of the molecule is CNC(=O)c1ccccc1Nc1nc(Nc2cc(C)c(OC)c(OC)c2)ncc1C#Cc1ccccc1.CNC(=O)c1ccccc1Nc1nc(Nc2cc(C)c(OC)c(OC)c2)ncc1CCc1ccccc1. The zero-order valence-corrected chi connectivity index (χ0v) is 42.5. The monoisotopic (exact) mass is 990 g/mol. The van der Waals surface area contributed by atoms with Gasteiger partial charge in [-0.05, 0) is 91.9 Å². The summed E-state index contributed by atoms with van der Waals surface area (Å²) in [5, 5.41) is 18.5. The number of amides is 2. The highest BCUT2D eigenvalue weighted by molar-refractivity contribution is 6.01. The van der Waals surface area contributed by atoms with E-state index < -0.39 is 0 Å². The first-order chi connectivity index (χ1) is 36.0. The Bertz CT molecular complexity index is 3290. The number of aryl methyl sites for hydroxylation is 4. The van der Waals surface area contributed by atoms with Crippen LogP contribution in [-0.2, 0) is 12.8 Å². The van der Waals surface area contributed by atoms with Gasteiger partial charge >= 0.3 is 0 Å². The fourth-order valence-corrected chi connectivity index (χ4v) is 7.79. The van der Waals surface area contributed by atoms with Crippen molar-refractivity contribution in [3.8, 4) is 34.8 Å². The van der Waals surface area contributed by atoms with E-state index in [2.05, 4.69) is 70.8 Å². The number of para-hydroxylation sites is 2. The van der Waals surface area contributed by atoms with Crippen LogP contribution in [0.4, 0.5) is 46.3 Å². The highest BCUT2D eigenvalue weighted by Crippen LogP contribution is 2.36. The third-order valence-corrected chi connectivity index (χ3v) is 11.4. The smallest absolute Gasteiger partial charge is 0.253 e. The van der Waals surface area contributed by atoms with Gasteiger partial charge < -0.3 is 50.8 Å². The number of methoxy groups -OCH3 is 4. The molecular weight excluding hydrogens is 933 g/mol. The summed E-state index contributed by atoms with van der Waals surface area (Å²) in [6.45, 7) is 3.88. The van der Waals surface area contributed by atoms with Gasteiger partial charge in [-0.1, -0.05) is 84.6 Å². The van der Waals surface area contributed by atoms with E-state index in [1.165, 1.54) is 5.56 Å². The van der Waals surface area contributed by atoms with E-state index in [4.69, 9.17) is 23.9 Å². The summed E-state index contributed by atoms with van der Waals surface area (Å²) in [6.07, 6.45) is 5.02. The molecule has 0 fully saturated rings. The van der Waals surface area contributed by atoms with Gasteiger partial charge in [0.2, 0.25) is 11.9 Å². The molecule has 74 heavy (non-hydrogen) atoms. The van der Waals surface area contributed by atoms with Crippen molar-refractivity contribution in [2.75, 3.05) is 63.8 Å². The van der Waals surface area contributed by atoms with Crippen molar-refractivity contribution in [1.29, 1.82) is 0 Å². The molecule has 6 N–H and O–H groups in total. The van der Waals surface area contributed by atoms with Crippen LogP contribution >= 0.6 is 0 Å². The molecule has 0 bridgehead atoms. The minimum absolute atomic E-state index is 0.179. The maximum Gasteiger partial charge on any atom is 0.253 e. The van der Waals surface area contributed by atoms with Crippen LogP contribution in [0.2, 0.25) is 0 Å². The molecule has 0 unspecified atom stereocenters. The minimum Gasteiger partial charge on any atom is -0.493 e. The molecule has 8 rings (SSSR count). The fraction of sp³-hybridized carbons (Fsp3) is 0.172. The van der Waals surface area contributed by atoms with E-state index in [0.717, 1.165) is 46.5 Å². The van der Waals surface area contributed by atoms with Crippen molar-refractivity contribution < 1.29 is 28.5 Å². The number of hydrogen-bond donors (Lipinski definition) is 6. The Kier molecular flexibility index (Phi) is 18.0. The number of carbonyl (C=O) groups is 2. The molecule has 0 saturated carbocycles. The average molecular weight is 991 g/mol. The Hall–Kier alpha value is -9.62. The van der Waals surface area contributed by atoms with Crippen molar-refractivity contribution in [3.63, 3.8) is 0 Å². The number of nitrogens with one attached hydrogen (secondary N) is 6. The van der Waals surface area contributed by atoms with Gasteiger partial charge in [-0.15, -0.1) is 0 Å². The quantitative estimate of drug-likeness (QED) is 0.0472. The van der Waals surface area contributed by atoms with Gasteiger partial charge in [-0.2, -0.15) is 9.97 Å². The molecule has 16 nitrogen and oxygen atoms in total. The Morgan fingerprint density at radius 1 is 0.514 bits per heavy atom. The predicted octanol–water partition coefficient (Wildman–Crippen LogP) is 10.5. The van der Waals surface area contributed by atoms with Crippen LogP contribution in [0.3, 0.4) is 0 Å². The number of aromatic nitrogens is 4. The molecule has 376 valence electrons. The molecule has 2 amide bonds. The third-order valence-electron chi connectivity index (χ3n) is 11.4. The van der Waals surface area contributed by atoms with E-state index in [0.29, 0.717) is 74.6 Å². The standard InChI is InChI=1S/C29H31N5O3.C29H27N5O3/c2*1-19-16-22(17-25(36-3)26(19)37-4)32-29-31-18-21(15-14-20-10-6-5-7-11-20)27(34-29)33-24-13-9-8-12-23(24)28(35)30-2/h5-13,16-18H,14-15H2,1-4H3,(H,30,35)(H2,31,32,33,34);5-13,16-18H,1-4H3,(H,30,35)(H2,31,32,33,34). The topological polar surface area (TPSA) is 195 Å². The summed E-state index contributed by atoms with van der Waals surface area (Å²) in [4.78, 5) is 43.4. The summed E-state index contributed by atoms with van der Waals surface area (Å²) >= 11 is 0. The Morgan fingerprint density at radius 2 is 0.986 bits per heavy atom. The summed E-state index contributed by atoms with van der Waals surface area (Å²) in [7, 11) is 9.61. The lowest BCUT2D eigenvalue weighted by Gasteiger charge is -2.16. The van der Waals surface area contributed by atoms with Crippen LogP contribution in [0.5, 0.6) is 23.0 Å². The molecule has 0 saturated heterocycles. The van der Waals surface area contributed by atoms with E-state index in [1.54, 1.807) is 66.9 Å². The number of carbonyl (C=O) groups excluding carboxylic acids is 2. The number of nitrogens with zero attached hydrogens (tertiary/aromatic N) is 4. The van der Waals surface area contributed by atoms with Crippen LogP contribution in [0.15, 0.2) is 146 Å². The Labute approximate surface area is 431 Å². The molecule has 0 radical (unpaired) electrons. The Morgan fingerprint density at radius 3 is 1.50 bits per heavy atom. The first kappa shape index (κ1) is 52.2. The van der Waals surface area contributed by atoms with Gasteiger partial charge in [-0.3, -0.25) is 9.59 Å². The van der Waals surface area contributed by atoms with Crippen molar-refractivity contribution >= 4 is 58.1 Å². The molecule has 0 aliphatic rings. The first-order valence-corrected chi connectivity index (χ1v) is 23.5. The lowest BCUT2D eigenvalue weighted by atomic mass is 10.1. The molecule has 6 aromatic carbocycles. The highest BCUT2D eigenvalue weighted by Gasteiger charge is 2.17. The molecule has 0 aliphatic carbocycles. The van der Waals surface area contributed by atoms with E-state index >= 15 is 0 Å². The normalized spacial score (nSPS) is 10.3. The van der Waals surface area contributed by atoms with Crippen LogP contribution in [0.25, 0.3) is 0 Å². The zero-order chi connectivity index (χ0) is 52.4. The second kappa shape index (κ2) is 25.5. The second-order valence-electron chi connectivity index (χ2n) is 16.4. The number of ether oxygens (including phenoxy) is 4. The summed E-state index contributed by atoms with van der Waals surface area (Å²) < 4.78 is 21.8. The van der Waals surface area contributed by atoms with E-state index in [-0.39, 0.29) is 11.8 Å². The molecule has 2 aromatic heterocycles. The second-order valence-corrected chi connectivity index (χ2v) is 16.4. The largest absolute Gasteiger partial charge is 0.493 e. The molecule has 0 spiro atoms. The number of anilines is 8. The molecular formula is C58H58N10O6. The number of hydrogen-bond acceptors (Lipinski definition) is 14. The van der Waals surface area contributed by atoms with Gasteiger partial charge in [0.1, 0.15) is 5.82 Å². The number of rotatable bonds is 17. The summed E-state index contributed by atoms with van der Waals surface area (Å²) in [5.74, 6) is 10.3. The summed E-state index contributed by atoms with van der Waals surface area (Å²) in [6, 6.07) is 42.0. The predicted molar refractivity (Wildman–Crippen MR) is 292 cm³/mol. The molecule has 8 aromatic rings. The van der Waals surface area contributed by atoms with E-state index in [9.17, 15) is 9.59 Å². The third kappa shape index (κ3) is 13.4. The van der Waals surface area contributed by atoms with Gasteiger partial charge in [0.05, 0.1) is 62.7 Å². The van der Waals surface area contributed by atoms with E-state index in [1.807, 2.05) is 123 Å². The maximum atomic E-state index is 12.5. The average Bonchev–Trinajstić information content (AvgIpc) is 3.43. The van der Waals surface area contributed by atoms with Crippen molar-refractivity contribution in [1.82, 2.24) is 30.6 Å². The van der Waals surface area contributed by atoms with Crippen LogP contribution in [-0.4, -0.2) is 74.3 Å². The van der Waals surface area contributed by atoms with Gasteiger partial charge in [-0.25, -0.2) is 9.97 Å². The Balaban J connectivity index is 0.000000216. The van der Waals surface area contributed by atoms with Gasteiger partial charge in [0.25, 0.3) is 11.8 Å². The molecule has 0 aliphatic heterocycles. The van der Waals surface area contributed by atoms with Gasteiger partial charge in [0.15, 0.2) is 28.8 Å². The molecule has 16 heteroatoms. The minimum atomic E-state index is -0.215. The maximum absolute atomic E-state index is 12.5. The fourth-order valence-electron chi connectivity index (χ4n) is 7.79. The first-order valence-electron chi connectivity index (χ1n) is 23.5. The van der Waals surface area contributed by atoms with Crippen LogP contribution in [0, 0.1) is 25.7 Å². The van der Waals surface area contributed by atoms with Crippen LogP contribution in [0.1, 0.15) is 54.1 Å². The zero-order valence-electron chi connectivity index (χ0n) is 42.5. The molecule has 0 atom stereocenters.